The number of halogens is 2. The van der Waals surface area contributed by atoms with E-state index in [9.17, 15) is 13.2 Å². The summed E-state index contributed by atoms with van der Waals surface area (Å²) < 4.78 is 28.4. The largest absolute Gasteiger partial charge is 0.271 e. The van der Waals surface area contributed by atoms with Crippen LogP contribution in [0.3, 0.4) is 0 Å². The molecule has 0 atom stereocenters. The van der Waals surface area contributed by atoms with Crippen molar-refractivity contribution in [3.63, 3.8) is 0 Å². The molecular formula is C22H19BrClN3O3S. The molecule has 1 amide bonds. The molecule has 31 heavy (non-hydrogen) atoms. The number of benzene rings is 3. The van der Waals surface area contributed by atoms with Crippen LogP contribution < -0.4 is 9.73 Å². The van der Waals surface area contributed by atoms with E-state index in [-0.39, 0.29) is 4.90 Å². The van der Waals surface area contributed by atoms with Gasteiger partial charge < -0.3 is 0 Å². The van der Waals surface area contributed by atoms with Crippen LogP contribution in [0.15, 0.2) is 93.3 Å². The average Bonchev–Trinajstić information content (AvgIpc) is 2.77. The first kappa shape index (κ1) is 23.0. The molecule has 0 spiro atoms. The maximum Gasteiger partial charge on any atom is 0.264 e. The van der Waals surface area contributed by atoms with Crippen molar-refractivity contribution in [3.8, 4) is 0 Å². The third-order valence-corrected chi connectivity index (χ3v) is 6.86. The van der Waals surface area contributed by atoms with Crippen molar-refractivity contribution in [2.45, 2.75) is 11.8 Å². The van der Waals surface area contributed by atoms with Crippen LogP contribution in [-0.4, -0.2) is 26.6 Å². The van der Waals surface area contributed by atoms with Crippen molar-refractivity contribution < 1.29 is 13.2 Å². The van der Waals surface area contributed by atoms with Gasteiger partial charge in [-0.05, 0) is 61.0 Å². The van der Waals surface area contributed by atoms with Gasteiger partial charge in [-0.3, -0.25) is 9.10 Å². The van der Waals surface area contributed by atoms with Gasteiger partial charge in [0.1, 0.15) is 6.54 Å². The number of nitrogens with zero attached hydrogens (tertiary/aromatic N) is 2. The molecule has 3 aromatic carbocycles. The summed E-state index contributed by atoms with van der Waals surface area (Å²) in [5.74, 6) is -0.580. The molecule has 0 unspecified atom stereocenters. The lowest BCUT2D eigenvalue weighted by Gasteiger charge is -2.23. The van der Waals surface area contributed by atoms with E-state index in [1.807, 2.05) is 24.3 Å². The predicted octanol–water partition coefficient (Wildman–Crippen LogP) is 4.84. The van der Waals surface area contributed by atoms with Gasteiger partial charge in [-0.1, -0.05) is 57.9 Å². The second-order valence-electron chi connectivity index (χ2n) is 6.54. The van der Waals surface area contributed by atoms with E-state index in [1.54, 1.807) is 49.4 Å². The predicted molar refractivity (Wildman–Crippen MR) is 127 cm³/mol. The number of rotatable bonds is 7. The molecule has 3 aromatic rings. The van der Waals surface area contributed by atoms with Crippen LogP contribution >= 0.6 is 27.5 Å². The van der Waals surface area contributed by atoms with Gasteiger partial charge in [0.05, 0.1) is 16.3 Å². The van der Waals surface area contributed by atoms with Gasteiger partial charge in [-0.25, -0.2) is 13.8 Å². The standard InChI is InChI=1S/C22H19BrClN3O3S/c1-16(17-6-5-7-18(23)14-17)25-26-22(28)15-27(20-12-10-19(24)11-13-20)31(29,30)21-8-3-2-4-9-21/h2-14H,15H2,1H3,(H,26,28)/b25-16-. The first-order valence-electron chi connectivity index (χ1n) is 9.20. The highest BCUT2D eigenvalue weighted by atomic mass is 79.9. The summed E-state index contributed by atoms with van der Waals surface area (Å²) in [7, 11) is -3.98. The topological polar surface area (TPSA) is 78.8 Å². The highest BCUT2D eigenvalue weighted by molar-refractivity contribution is 9.10. The Morgan fingerprint density at radius 1 is 1.03 bits per heavy atom. The number of carbonyl (C=O) groups excluding carboxylic acids is 1. The van der Waals surface area contributed by atoms with E-state index in [1.165, 1.54) is 12.1 Å². The zero-order valence-electron chi connectivity index (χ0n) is 16.5. The monoisotopic (exact) mass is 519 g/mol. The molecule has 0 radical (unpaired) electrons. The summed E-state index contributed by atoms with van der Waals surface area (Å²) in [5, 5.41) is 4.56. The smallest absolute Gasteiger partial charge is 0.264 e. The number of amides is 1. The Morgan fingerprint density at radius 3 is 2.35 bits per heavy atom. The Balaban J connectivity index is 1.85. The molecule has 0 aliphatic heterocycles. The summed E-state index contributed by atoms with van der Waals surface area (Å²) in [5.41, 5.74) is 4.16. The molecule has 1 N–H and O–H groups in total. The van der Waals surface area contributed by atoms with E-state index in [4.69, 9.17) is 11.6 Å². The molecule has 0 fully saturated rings. The van der Waals surface area contributed by atoms with Gasteiger partial charge in [0, 0.05) is 9.50 Å². The molecule has 0 bridgehead atoms. The van der Waals surface area contributed by atoms with E-state index in [0.717, 1.165) is 14.3 Å². The SMILES string of the molecule is C/C(=N/NC(=O)CN(c1ccc(Cl)cc1)S(=O)(=O)c1ccccc1)c1cccc(Br)c1. The van der Waals surface area contributed by atoms with E-state index in [2.05, 4.69) is 26.5 Å². The Bertz CT molecular complexity index is 1200. The van der Waals surface area contributed by atoms with E-state index >= 15 is 0 Å². The fraction of sp³-hybridized carbons (Fsp3) is 0.0909. The zero-order chi connectivity index (χ0) is 22.4. The highest BCUT2D eigenvalue weighted by Crippen LogP contribution is 2.25. The van der Waals surface area contributed by atoms with Crippen LogP contribution in [0.5, 0.6) is 0 Å². The molecule has 0 aliphatic carbocycles. The number of hydrazone groups is 1. The second-order valence-corrected chi connectivity index (χ2v) is 9.76. The Kier molecular flexibility index (Phi) is 7.48. The molecule has 0 heterocycles. The number of sulfonamides is 1. The number of hydrogen-bond donors (Lipinski definition) is 1. The lowest BCUT2D eigenvalue weighted by Crippen LogP contribution is -2.39. The summed E-state index contributed by atoms with van der Waals surface area (Å²) in [6.45, 7) is 1.30. The lowest BCUT2D eigenvalue weighted by molar-refractivity contribution is -0.119. The molecule has 0 saturated carbocycles. The Labute approximate surface area is 194 Å². The molecule has 6 nitrogen and oxygen atoms in total. The lowest BCUT2D eigenvalue weighted by atomic mass is 10.1. The minimum atomic E-state index is -3.98. The summed E-state index contributed by atoms with van der Waals surface area (Å²) in [6, 6.07) is 21.6. The van der Waals surface area contributed by atoms with Crippen molar-refractivity contribution >= 4 is 54.9 Å². The number of carbonyl (C=O) groups is 1. The van der Waals surface area contributed by atoms with Crippen molar-refractivity contribution in [2.75, 3.05) is 10.8 Å². The van der Waals surface area contributed by atoms with Gasteiger partial charge >= 0.3 is 0 Å². The van der Waals surface area contributed by atoms with Crippen LogP contribution in [0, 0.1) is 0 Å². The molecule has 9 heteroatoms. The Morgan fingerprint density at radius 2 is 1.71 bits per heavy atom. The molecule has 0 saturated heterocycles. The number of anilines is 1. The van der Waals surface area contributed by atoms with Crippen LogP contribution in [0.4, 0.5) is 5.69 Å². The number of hydrogen-bond acceptors (Lipinski definition) is 4. The third-order valence-electron chi connectivity index (χ3n) is 4.32. The molecule has 0 aliphatic rings. The molecule has 0 aromatic heterocycles. The molecule has 160 valence electrons. The molecular weight excluding hydrogens is 502 g/mol. The van der Waals surface area contributed by atoms with Crippen LogP contribution in [0.2, 0.25) is 5.02 Å². The van der Waals surface area contributed by atoms with Gasteiger partial charge in [-0.2, -0.15) is 5.10 Å². The van der Waals surface area contributed by atoms with Crippen molar-refractivity contribution in [1.82, 2.24) is 5.43 Å². The third kappa shape index (κ3) is 5.94. The summed E-state index contributed by atoms with van der Waals surface area (Å²) >= 11 is 9.33. The first-order valence-corrected chi connectivity index (χ1v) is 11.8. The summed E-state index contributed by atoms with van der Waals surface area (Å²) in [4.78, 5) is 12.7. The minimum Gasteiger partial charge on any atom is -0.271 e. The fourth-order valence-electron chi connectivity index (χ4n) is 2.73. The molecule has 3 rings (SSSR count). The normalized spacial score (nSPS) is 11.8. The van der Waals surface area contributed by atoms with Gasteiger partial charge in [0.15, 0.2) is 0 Å². The Hall–Kier alpha value is -2.68. The number of nitrogens with one attached hydrogen (secondary N) is 1. The van der Waals surface area contributed by atoms with Gasteiger partial charge in [0.25, 0.3) is 15.9 Å². The fourth-order valence-corrected chi connectivity index (χ4v) is 4.70. The highest BCUT2D eigenvalue weighted by Gasteiger charge is 2.27. The second kappa shape index (κ2) is 10.1. The van der Waals surface area contributed by atoms with Crippen LogP contribution in [-0.2, 0) is 14.8 Å². The van der Waals surface area contributed by atoms with Crippen molar-refractivity contribution in [1.29, 1.82) is 0 Å². The van der Waals surface area contributed by atoms with E-state index in [0.29, 0.717) is 16.4 Å². The van der Waals surface area contributed by atoms with Crippen molar-refractivity contribution in [2.24, 2.45) is 5.10 Å². The van der Waals surface area contributed by atoms with Crippen LogP contribution in [0.1, 0.15) is 12.5 Å². The summed E-state index contributed by atoms with van der Waals surface area (Å²) in [6.07, 6.45) is 0. The van der Waals surface area contributed by atoms with E-state index < -0.39 is 22.5 Å². The quantitative estimate of drug-likeness (QED) is 0.358. The maximum atomic E-state index is 13.2. The van der Waals surface area contributed by atoms with Crippen LogP contribution in [0.25, 0.3) is 0 Å². The zero-order valence-corrected chi connectivity index (χ0v) is 19.7. The van der Waals surface area contributed by atoms with Gasteiger partial charge in [-0.15, -0.1) is 0 Å². The maximum absolute atomic E-state index is 13.2. The average molecular weight is 521 g/mol. The van der Waals surface area contributed by atoms with Gasteiger partial charge in [0.2, 0.25) is 0 Å². The minimum absolute atomic E-state index is 0.0755. The first-order chi connectivity index (χ1) is 14.8. The van der Waals surface area contributed by atoms with Crippen molar-refractivity contribution in [3.05, 3.63) is 93.9 Å².